The van der Waals surface area contributed by atoms with Crippen molar-refractivity contribution in [2.24, 2.45) is 16.5 Å². The van der Waals surface area contributed by atoms with Crippen LogP contribution in [0.2, 0.25) is 5.02 Å². The number of methoxy groups -OCH3 is 1. The number of likely N-dealkylation sites (tertiary alicyclic amines) is 1. The second-order valence-corrected chi connectivity index (χ2v) is 16.1. The number of sulfonamides is 1. The first kappa shape index (κ1) is 41.8. The number of aliphatic imine (C=N–C) groups is 1. The highest BCUT2D eigenvalue weighted by Gasteiger charge is 2.44. The molecule has 1 unspecified atom stereocenters. The summed E-state index contributed by atoms with van der Waals surface area (Å²) >= 11 is 6.07. The van der Waals surface area contributed by atoms with E-state index < -0.39 is 51.9 Å². The van der Waals surface area contributed by atoms with E-state index in [0.29, 0.717) is 39.5 Å². The summed E-state index contributed by atoms with van der Waals surface area (Å²) in [6.45, 7) is 0.138. The summed E-state index contributed by atoms with van der Waals surface area (Å²) in [5.74, 6) is -1.98. The van der Waals surface area contributed by atoms with Crippen molar-refractivity contribution in [3.8, 4) is 5.75 Å². The number of carbonyl (C=O) groups excluding carboxylic acids is 3. The number of halogens is 1. The number of guanidine groups is 1. The van der Waals surface area contributed by atoms with E-state index in [4.69, 9.17) is 37.0 Å². The van der Waals surface area contributed by atoms with Gasteiger partial charge < -0.3 is 35.6 Å². The number of para-hydroxylation sites is 2. The lowest BCUT2D eigenvalue weighted by Crippen LogP contribution is -2.55. The van der Waals surface area contributed by atoms with Gasteiger partial charge in [0.1, 0.15) is 35.1 Å². The van der Waals surface area contributed by atoms with E-state index in [-0.39, 0.29) is 44.3 Å². The highest BCUT2D eigenvalue weighted by molar-refractivity contribution is 7.88. The summed E-state index contributed by atoms with van der Waals surface area (Å²) in [6.07, 6.45) is 0.862. The van der Waals surface area contributed by atoms with Crippen molar-refractivity contribution in [2.45, 2.75) is 56.5 Å². The maximum absolute atomic E-state index is 14.5. The minimum atomic E-state index is -3.86. The second kappa shape index (κ2) is 18.6. The number of oxazole rings is 1. The van der Waals surface area contributed by atoms with Gasteiger partial charge in [-0.2, -0.15) is 0 Å². The van der Waals surface area contributed by atoms with Crippen LogP contribution in [0.15, 0.2) is 106 Å². The van der Waals surface area contributed by atoms with E-state index in [1.807, 2.05) is 30.3 Å². The van der Waals surface area contributed by atoms with Gasteiger partial charge in [0.2, 0.25) is 27.6 Å². The monoisotopic (exact) mass is 829 g/mol. The average molecular weight is 830 g/mol. The number of rotatable bonds is 17. The first-order valence-corrected chi connectivity index (χ1v) is 20.7. The van der Waals surface area contributed by atoms with Gasteiger partial charge in [-0.25, -0.2) is 23.1 Å². The molecule has 6 N–H and O–H groups in total. The molecule has 4 atom stereocenters. The van der Waals surface area contributed by atoms with E-state index in [2.05, 4.69) is 20.0 Å². The van der Waals surface area contributed by atoms with Gasteiger partial charge in [-0.05, 0) is 65.9 Å². The standard InChI is InChI=1S/C41H44ClN7O8S/c1-55-36-21-27(15-18-31(36)47-41(43)44)20-33(37(50)39-46-30-10-6-7-11-35(30)57-39)45-38(51)34-22-29(56-24-26-12-16-28(42)17-13-26)23-49(34)40(52)32(48-58(2,53)54)19-14-25-8-4-3-5-9-25/h3-13,15-18,21,29,32-34,48H,14,19-20,22-24H2,1-2H3,(H,45,51)(H4,43,44,47)/t29-,32-,33?,34+/m1/s1. The lowest BCUT2D eigenvalue weighted by molar-refractivity contribution is -0.140. The summed E-state index contributed by atoms with van der Waals surface area (Å²) < 4.78 is 45.2. The van der Waals surface area contributed by atoms with E-state index in [1.165, 1.54) is 12.0 Å². The number of hydrogen-bond acceptors (Lipinski definition) is 10. The van der Waals surface area contributed by atoms with E-state index in [0.717, 1.165) is 17.4 Å². The second-order valence-electron chi connectivity index (χ2n) is 13.9. The molecule has 17 heteroatoms. The molecule has 1 aliphatic heterocycles. The van der Waals surface area contributed by atoms with Crippen LogP contribution in [0, 0.1) is 0 Å². The molecule has 2 heterocycles. The fraction of sp³-hybridized carbons (Fsp3) is 0.293. The molecule has 0 bridgehead atoms. The molecule has 58 heavy (non-hydrogen) atoms. The molecule has 1 aliphatic rings. The molecular weight excluding hydrogens is 786 g/mol. The highest BCUT2D eigenvalue weighted by Crippen LogP contribution is 2.30. The molecule has 4 aromatic carbocycles. The fourth-order valence-electron chi connectivity index (χ4n) is 6.77. The Morgan fingerprint density at radius 1 is 0.966 bits per heavy atom. The van der Waals surface area contributed by atoms with Crippen LogP contribution < -0.4 is 26.2 Å². The quantitative estimate of drug-likeness (QED) is 0.0595. The van der Waals surface area contributed by atoms with E-state index >= 15 is 0 Å². The number of carbonyl (C=O) groups is 3. The van der Waals surface area contributed by atoms with Crippen LogP contribution >= 0.6 is 11.6 Å². The molecule has 1 saturated heterocycles. The van der Waals surface area contributed by atoms with Crippen molar-refractivity contribution in [3.05, 3.63) is 125 Å². The predicted octanol–water partition coefficient (Wildman–Crippen LogP) is 4.04. The molecule has 15 nitrogen and oxygen atoms in total. The number of nitrogens with two attached hydrogens (primary N) is 2. The molecule has 6 rings (SSSR count). The summed E-state index contributed by atoms with van der Waals surface area (Å²) in [6, 6.07) is 24.6. The third-order valence-corrected chi connectivity index (χ3v) is 10.5. The molecule has 5 aromatic rings. The number of nitrogens with one attached hydrogen (secondary N) is 2. The Labute approximate surface area is 340 Å². The minimum Gasteiger partial charge on any atom is -0.494 e. The zero-order chi connectivity index (χ0) is 41.4. The number of Topliss-reactive ketones (excluding diaryl/α,β-unsaturated/α-hetero) is 1. The molecule has 0 saturated carbocycles. The first-order chi connectivity index (χ1) is 27.8. The van der Waals surface area contributed by atoms with Crippen molar-refractivity contribution >= 4 is 62.0 Å². The number of hydrogen-bond donors (Lipinski definition) is 4. The van der Waals surface area contributed by atoms with Crippen LogP contribution in [0.25, 0.3) is 11.1 Å². The number of fused-ring (bicyclic) bond motifs is 1. The molecular formula is C41H44ClN7O8S. The van der Waals surface area contributed by atoms with Crippen molar-refractivity contribution in [1.82, 2.24) is 19.9 Å². The van der Waals surface area contributed by atoms with Crippen LogP contribution in [-0.2, 0) is 43.8 Å². The Morgan fingerprint density at radius 3 is 2.36 bits per heavy atom. The number of benzene rings is 4. The van der Waals surface area contributed by atoms with Crippen LogP contribution in [-0.4, -0.2) is 86.0 Å². The van der Waals surface area contributed by atoms with Gasteiger partial charge in [0.25, 0.3) is 5.89 Å². The van der Waals surface area contributed by atoms with Gasteiger partial charge in [-0.3, -0.25) is 14.4 Å². The summed E-state index contributed by atoms with van der Waals surface area (Å²) in [5.41, 5.74) is 14.7. The topological polar surface area (TPSA) is 222 Å². The average Bonchev–Trinajstić information content (AvgIpc) is 3.84. The Bertz CT molecular complexity index is 2360. The van der Waals surface area contributed by atoms with Gasteiger partial charge in [0.05, 0.1) is 26.1 Å². The SMILES string of the molecule is COc1cc(CC(NC(=O)[C@@H]2C[C@@H](OCc3ccc(Cl)cc3)CN2C(=O)[C@@H](CCc2ccccc2)NS(C)(=O)=O)C(=O)c2nc3ccccc3o2)ccc1N=C(N)N. The van der Waals surface area contributed by atoms with Gasteiger partial charge in [0, 0.05) is 24.4 Å². The summed E-state index contributed by atoms with van der Waals surface area (Å²) in [5, 5.41) is 3.42. The van der Waals surface area contributed by atoms with Crippen molar-refractivity contribution in [3.63, 3.8) is 0 Å². The minimum absolute atomic E-state index is 0.0228. The van der Waals surface area contributed by atoms with Crippen LogP contribution in [0.3, 0.4) is 0 Å². The third kappa shape index (κ3) is 11.0. The van der Waals surface area contributed by atoms with Crippen molar-refractivity contribution in [2.75, 3.05) is 19.9 Å². The van der Waals surface area contributed by atoms with Crippen LogP contribution in [0.5, 0.6) is 5.75 Å². The van der Waals surface area contributed by atoms with Gasteiger partial charge >= 0.3 is 0 Å². The van der Waals surface area contributed by atoms with E-state index in [1.54, 1.807) is 66.7 Å². The molecule has 0 radical (unpaired) electrons. The van der Waals surface area contributed by atoms with Crippen LogP contribution in [0.4, 0.5) is 5.69 Å². The zero-order valence-corrected chi connectivity index (χ0v) is 33.4. The Hall–Kier alpha value is -5.81. The number of amides is 2. The number of nitrogens with zero attached hydrogens (tertiary/aromatic N) is 3. The highest BCUT2D eigenvalue weighted by atomic mass is 35.5. The maximum Gasteiger partial charge on any atom is 0.266 e. The molecule has 0 spiro atoms. The van der Waals surface area contributed by atoms with Gasteiger partial charge in [0.15, 0.2) is 11.5 Å². The number of ether oxygens (including phenoxy) is 2. The van der Waals surface area contributed by atoms with E-state index in [9.17, 15) is 22.8 Å². The number of aromatic nitrogens is 1. The number of ketones is 1. The lowest BCUT2D eigenvalue weighted by atomic mass is 10.0. The van der Waals surface area contributed by atoms with Gasteiger partial charge in [-0.15, -0.1) is 0 Å². The Morgan fingerprint density at radius 2 is 1.67 bits per heavy atom. The maximum atomic E-state index is 14.5. The molecule has 304 valence electrons. The largest absolute Gasteiger partial charge is 0.494 e. The molecule has 1 aromatic heterocycles. The third-order valence-electron chi connectivity index (χ3n) is 9.54. The smallest absolute Gasteiger partial charge is 0.266 e. The van der Waals surface area contributed by atoms with Crippen molar-refractivity contribution < 1.29 is 36.7 Å². The predicted molar refractivity (Wildman–Crippen MR) is 219 cm³/mol. The molecule has 2 amide bonds. The Kier molecular flexibility index (Phi) is 13.4. The van der Waals surface area contributed by atoms with Crippen molar-refractivity contribution in [1.29, 1.82) is 0 Å². The lowest BCUT2D eigenvalue weighted by Gasteiger charge is -2.29. The number of aryl methyl sites for hydroxylation is 1. The summed E-state index contributed by atoms with van der Waals surface area (Å²) in [7, 11) is -2.42. The molecule has 1 fully saturated rings. The summed E-state index contributed by atoms with van der Waals surface area (Å²) in [4.78, 5) is 53.0. The van der Waals surface area contributed by atoms with Gasteiger partial charge in [-0.1, -0.05) is 72.3 Å². The fourth-order valence-corrected chi connectivity index (χ4v) is 7.63. The van der Waals surface area contributed by atoms with Crippen LogP contribution in [0.1, 0.15) is 40.2 Å². The zero-order valence-electron chi connectivity index (χ0n) is 31.8. The normalized spacial score (nSPS) is 16.4. The molecule has 0 aliphatic carbocycles. The first-order valence-electron chi connectivity index (χ1n) is 18.4. The Balaban J connectivity index is 1.31.